The van der Waals surface area contributed by atoms with Gasteiger partial charge in [-0.3, -0.25) is 0 Å². The fraction of sp³-hybridized carbons (Fsp3) is 0.625. The summed E-state index contributed by atoms with van der Waals surface area (Å²) in [6.07, 6.45) is 2.70. The Labute approximate surface area is 122 Å². The van der Waals surface area contributed by atoms with E-state index in [4.69, 9.17) is 0 Å². The van der Waals surface area contributed by atoms with Crippen molar-refractivity contribution in [2.75, 3.05) is 7.05 Å². The summed E-state index contributed by atoms with van der Waals surface area (Å²) in [5, 5.41) is 2.87. The number of sulfone groups is 1. The minimum atomic E-state index is -3.29. The molecule has 0 radical (unpaired) electrons. The average Bonchev–Trinajstić information content (AvgIpc) is 2.38. The fourth-order valence-electron chi connectivity index (χ4n) is 3.22. The molecule has 0 aromatic heterocycles. The highest BCUT2D eigenvalue weighted by Gasteiger charge is 2.42. The third kappa shape index (κ3) is 2.91. The largest absolute Gasteiger partial charge is 0.316 e. The van der Waals surface area contributed by atoms with Gasteiger partial charge in [-0.2, -0.15) is 0 Å². The maximum Gasteiger partial charge on any atom is 0.183 e. The predicted octanol–water partition coefficient (Wildman–Crippen LogP) is 2.94. The summed E-state index contributed by atoms with van der Waals surface area (Å²) in [6, 6.07) is 7.35. The van der Waals surface area contributed by atoms with Gasteiger partial charge in [-0.25, -0.2) is 8.42 Å². The number of hydrogen-bond acceptors (Lipinski definition) is 3. The van der Waals surface area contributed by atoms with Crippen LogP contribution in [-0.4, -0.2) is 26.8 Å². The summed E-state index contributed by atoms with van der Waals surface area (Å²) in [5.74, 6) is 0. The molecule has 1 aliphatic carbocycles. The molecular weight excluding hydrogens is 270 g/mol. The summed E-state index contributed by atoms with van der Waals surface area (Å²) in [5.41, 5.74) is 0.930. The Morgan fingerprint density at radius 3 is 2.50 bits per heavy atom. The monoisotopic (exact) mass is 295 g/mol. The van der Waals surface area contributed by atoms with Crippen LogP contribution in [0, 0.1) is 12.3 Å². The van der Waals surface area contributed by atoms with Gasteiger partial charge in [0.05, 0.1) is 10.1 Å². The predicted molar refractivity (Wildman–Crippen MR) is 82.6 cm³/mol. The van der Waals surface area contributed by atoms with Gasteiger partial charge >= 0.3 is 0 Å². The van der Waals surface area contributed by atoms with E-state index in [0.717, 1.165) is 24.8 Å². The molecule has 1 aromatic rings. The van der Waals surface area contributed by atoms with E-state index < -0.39 is 9.84 Å². The standard InChI is InChI=1S/C16H25NO2S/c1-12-7-5-6-8-14(12)20(18,19)15-11-16(2,3)10-9-13(15)17-4/h5-8,13,15,17H,9-11H2,1-4H3. The zero-order chi connectivity index (χ0) is 15.0. The van der Waals surface area contributed by atoms with Crippen LogP contribution in [0.3, 0.4) is 0 Å². The van der Waals surface area contributed by atoms with Crippen LogP contribution >= 0.6 is 0 Å². The highest BCUT2D eigenvalue weighted by molar-refractivity contribution is 7.92. The van der Waals surface area contributed by atoms with Crippen molar-refractivity contribution in [2.24, 2.45) is 5.41 Å². The molecule has 1 saturated carbocycles. The molecule has 0 saturated heterocycles. The molecule has 4 heteroatoms. The molecule has 1 aromatic carbocycles. The van der Waals surface area contributed by atoms with Crippen molar-refractivity contribution in [3.8, 4) is 0 Å². The number of nitrogens with one attached hydrogen (secondary N) is 1. The van der Waals surface area contributed by atoms with Crippen molar-refractivity contribution < 1.29 is 8.42 Å². The molecule has 20 heavy (non-hydrogen) atoms. The molecule has 1 aliphatic rings. The number of hydrogen-bond donors (Lipinski definition) is 1. The van der Waals surface area contributed by atoms with Gasteiger partial charge in [-0.15, -0.1) is 0 Å². The fourth-order valence-corrected chi connectivity index (χ4v) is 5.70. The van der Waals surface area contributed by atoms with Crippen molar-refractivity contribution in [2.45, 2.75) is 56.2 Å². The lowest BCUT2D eigenvalue weighted by Gasteiger charge is -2.40. The third-order valence-electron chi connectivity index (χ3n) is 4.50. The van der Waals surface area contributed by atoms with Crippen LogP contribution in [-0.2, 0) is 9.84 Å². The molecule has 112 valence electrons. The summed E-state index contributed by atoms with van der Waals surface area (Å²) < 4.78 is 26.1. The van der Waals surface area contributed by atoms with Crippen LogP contribution in [0.4, 0.5) is 0 Å². The van der Waals surface area contributed by atoms with E-state index in [1.165, 1.54) is 0 Å². The van der Waals surface area contributed by atoms with Crippen molar-refractivity contribution in [1.82, 2.24) is 5.32 Å². The SMILES string of the molecule is CNC1CCC(C)(C)CC1S(=O)(=O)c1ccccc1C. The Morgan fingerprint density at radius 1 is 1.25 bits per heavy atom. The molecule has 0 spiro atoms. The first-order valence-electron chi connectivity index (χ1n) is 7.25. The van der Waals surface area contributed by atoms with E-state index in [2.05, 4.69) is 19.2 Å². The third-order valence-corrected chi connectivity index (χ3v) is 6.87. The number of rotatable bonds is 3. The molecule has 0 amide bonds. The molecule has 2 unspecified atom stereocenters. The summed E-state index contributed by atoms with van der Waals surface area (Å²) in [4.78, 5) is 0.489. The Kier molecular flexibility index (Phi) is 4.26. The maximum atomic E-state index is 13.0. The highest BCUT2D eigenvalue weighted by Crippen LogP contribution is 2.40. The minimum absolute atomic E-state index is 0.0487. The van der Waals surface area contributed by atoms with Gasteiger partial charge in [-0.1, -0.05) is 32.0 Å². The molecule has 2 rings (SSSR count). The number of benzene rings is 1. The van der Waals surface area contributed by atoms with Gasteiger partial charge in [0.15, 0.2) is 9.84 Å². The Bertz CT molecular complexity index is 578. The van der Waals surface area contributed by atoms with Gasteiger partial charge in [0.1, 0.15) is 0 Å². The summed E-state index contributed by atoms with van der Waals surface area (Å²) in [7, 11) is -1.42. The minimum Gasteiger partial charge on any atom is -0.316 e. The van der Waals surface area contributed by atoms with Crippen LogP contribution in [0.2, 0.25) is 0 Å². The molecule has 0 bridgehead atoms. The van der Waals surface area contributed by atoms with Crippen molar-refractivity contribution in [3.05, 3.63) is 29.8 Å². The van der Waals surface area contributed by atoms with Crippen molar-refractivity contribution >= 4 is 9.84 Å². The van der Waals surface area contributed by atoms with Crippen LogP contribution in [0.25, 0.3) is 0 Å². The lowest BCUT2D eigenvalue weighted by molar-refractivity contribution is 0.213. The molecule has 1 N–H and O–H groups in total. The second-order valence-corrected chi connectivity index (χ2v) is 8.79. The highest BCUT2D eigenvalue weighted by atomic mass is 32.2. The Hall–Kier alpha value is -0.870. The normalized spacial score (nSPS) is 26.4. The first kappa shape index (κ1) is 15.5. The van der Waals surface area contributed by atoms with Crippen molar-refractivity contribution in [3.63, 3.8) is 0 Å². The van der Waals surface area contributed by atoms with E-state index in [9.17, 15) is 8.42 Å². The van der Waals surface area contributed by atoms with Gasteiger partial charge in [0, 0.05) is 6.04 Å². The first-order chi connectivity index (χ1) is 9.28. The molecule has 0 aliphatic heterocycles. The zero-order valence-corrected chi connectivity index (χ0v) is 13.6. The first-order valence-corrected chi connectivity index (χ1v) is 8.79. The molecule has 1 fully saturated rings. The van der Waals surface area contributed by atoms with Gasteiger partial charge in [0.25, 0.3) is 0 Å². The Balaban J connectivity index is 2.43. The molecular formula is C16H25NO2S. The molecule has 2 atom stereocenters. The second kappa shape index (κ2) is 5.49. The lowest BCUT2D eigenvalue weighted by Crippen LogP contribution is -2.48. The van der Waals surface area contributed by atoms with Crippen LogP contribution in [0.5, 0.6) is 0 Å². The summed E-state index contributed by atoms with van der Waals surface area (Å²) in [6.45, 7) is 6.20. The van der Waals surface area contributed by atoms with Crippen LogP contribution in [0.15, 0.2) is 29.2 Å². The maximum absolute atomic E-state index is 13.0. The molecule has 3 nitrogen and oxygen atoms in total. The topological polar surface area (TPSA) is 46.2 Å². The van der Waals surface area contributed by atoms with E-state index in [-0.39, 0.29) is 16.7 Å². The summed E-state index contributed by atoms with van der Waals surface area (Å²) >= 11 is 0. The van der Waals surface area contributed by atoms with E-state index >= 15 is 0 Å². The van der Waals surface area contributed by atoms with Crippen molar-refractivity contribution in [1.29, 1.82) is 0 Å². The van der Waals surface area contributed by atoms with E-state index in [1.54, 1.807) is 6.07 Å². The average molecular weight is 295 g/mol. The molecule has 0 heterocycles. The zero-order valence-electron chi connectivity index (χ0n) is 12.8. The Morgan fingerprint density at radius 2 is 1.90 bits per heavy atom. The van der Waals surface area contributed by atoms with Crippen LogP contribution in [0.1, 0.15) is 38.7 Å². The second-order valence-electron chi connectivity index (χ2n) is 6.65. The van der Waals surface area contributed by atoms with Gasteiger partial charge in [0.2, 0.25) is 0 Å². The van der Waals surface area contributed by atoms with E-state index in [0.29, 0.717) is 4.90 Å². The smallest absolute Gasteiger partial charge is 0.183 e. The van der Waals surface area contributed by atoms with Gasteiger partial charge < -0.3 is 5.32 Å². The van der Waals surface area contributed by atoms with Gasteiger partial charge in [-0.05, 0) is 50.3 Å². The van der Waals surface area contributed by atoms with Crippen LogP contribution < -0.4 is 5.32 Å². The lowest BCUT2D eigenvalue weighted by atomic mass is 9.75. The van der Waals surface area contributed by atoms with E-state index in [1.807, 2.05) is 32.2 Å². The number of aryl methyl sites for hydroxylation is 1. The quantitative estimate of drug-likeness (QED) is 0.932.